The Morgan fingerprint density at radius 1 is 0.935 bits per heavy atom. The summed E-state index contributed by atoms with van der Waals surface area (Å²) in [5.41, 5.74) is 2.32. The molecule has 0 bridgehead atoms. The summed E-state index contributed by atoms with van der Waals surface area (Å²) >= 11 is 0. The van der Waals surface area contributed by atoms with E-state index in [0.29, 0.717) is 29.2 Å². The normalized spacial score (nSPS) is 11.4. The zero-order valence-electron chi connectivity index (χ0n) is 18.4. The molecule has 0 saturated heterocycles. The van der Waals surface area contributed by atoms with Crippen molar-refractivity contribution in [2.75, 3.05) is 44.5 Å². The Morgan fingerprint density at radius 3 is 2.19 bits per heavy atom. The molecule has 166 valence electrons. The Balaban J connectivity index is 2.01. The van der Waals surface area contributed by atoms with Crippen molar-refractivity contribution in [2.24, 2.45) is 0 Å². The van der Waals surface area contributed by atoms with Crippen molar-refractivity contribution >= 4 is 29.2 Å². The van der Waals surface area contributed by atoms with Gasteiger partial charge in [-0.25, -0.2) is 4.79 Å². The largest absolute Gasteiger partial charge is 0.495 e. The predicted molar refractivity (Wildman–Crippen MR) is 119 cm³/mol. The van der Waals surface area contributed by atoms with Crippen molar-refractivity contribution in [3.63, 3.8) is 0 Å². The molecule has 1 unspecified atom stereocenters. The summed E-state index contributed by atoms with van der Waals surface area (Å²) in [6, 6.07) is 12.2. The molecule has 0 aliphatic heterocycles. The number of nitrogens with one attached hydrogen (secondary N) is 3. The number of anilines is 2. The third-order valence-corrected chi connectivity index (χ3v) is 4.74. The van der Waals surface area contributed by atoms with Gasteiger partial charge >= 0.3 is 5.97 Å². The Labute approximate surface area is 182 Å². The lowest BCUT2D eigenvalue weighted by atomic mass is 10.1. The van der Waals surface area contributed by atoms with Crippen LogP contribution in [0.15, 0.2) is 42.5 Å². The van der Waals surface area contributed by atoms with Crippen molar-refractivity contribution in [3.05, 3.63) is 53.6 Å². The van der Waals surface area contributed by atoms with Crippen LogP contribution in [0.25, 0.3) is 0 Å². The number of carbonyl (C=O) groups excluding carboxylic acids is 3. The molecule has 0 fully saturated rings. The zero-order chi connectivity index (χ0) is 22.8. The number of benzene rings is 2. The van der Waals surface area contributed by atoms with Crippen LogP contribution in [0.5, 0.6) is 5.75 Å². The quantitative estimate of drug-likeness (QED) is 0.500. The van der Waals surface area contributed by atoms with Crippen molar-refractivity contribution in [1.82, 2.24) is 0 Å². The maximum Gasteiger partial charge on any atom is 0.337 e. The van der Waals surface area contributed by atoms with Gasteiger partial charge in [-0.05, 0) is 43.2 Å². The van der Waals surface area contributed by atoms with Crippen LogP contribution in [0.4, 0.5) is 11.4 Å². The van der Waals surface area contributed by atoms with Crippen molar-refractivity contribution in [3.8, 4) is 5.75 Å². The Hall–Kier alpha value is -3.39. The molecule has 0 aliphatic rings. The monoisotopic (exact) mass is 428 g/mol. The highest BCUT2D eigenvalue weighted by molar-refractivity contribution is 5.96. The molecule has 1 atom stereocenters. The Bertz CT molecular complexity index is 929. The van der Waals surface area contributed by atoms with E-state index in [-0.39, 0.29) is 24.9 Å². The maximum atomic E-state index is 12.6. The van der Waals surface area contributed by atoms with Gasteiger partial charge in [-0.3, -0.25) is 9.59 Å². The van der Waals surface area contributed by atoms with Crippen LogP contribution in [-0.2, 0) is 14.3 Å². The first-order valence-electron chi connectivity index (χ1n) is 10.1. The van der Waals surface area contributed by atoms with Gasteiger partial charge in [0.1, 0.15) is 5.75 Å². The minimum atomic E-state index is -0.471. The maximum absolute atomic E-state index is 12.6. The SMILES string of the molecule is CCC[NH+](CC(=O)Nc1cc(C(=O)OC)ccc1C)CC(=O)Nc1ccccc1OC. The lowest BCUT2D eigenvalue weighted by Crippen LogP contribution is -3.14. The van der Waals surface area contributed by atoms with Gasteiger partial charge in [-0.15, -0.1) is 0 Å². The van der Waals surface area contributed by atoms with Crippen LogP contribution in [0, 0.1) is 6.92 Å². The van der Waals surface area contributed by atoms with Crippen molar-refractivity contribution in [2.45, 2.75) is 20.3 Å². The van der Waals surface area contributed by atoms with Gasteiger partial charge in [-0.2, -0.15) is 0 Å². The smallest absolute Gasteiger partial charge is 0.337 e. The molecule has 3 N–H and O–H groups in total. The molecule has 0 radical (unpaired) electrons. The molecule has 0 saturated carbocycles. The highest BCUT2D eigenvalue weighted by atomic mass is 16.5. The van der Waals surface area contributed by atoms with E-state index in [0.717, 1.165) is 16.9 Å². The van der Waals surface area contributed by atoms with E-state index in [4.69, 9.17) is 9.47 Å². The van der Waals surface area contributed by atoms with Crippen molar-refractivity contribution in [1.29, 1.82) is 0 Å². The van der Waals surface area contributed by atoms with Crippen LogP contribution in [-0.4, -0.2) is 51.6 Å². The van der Waals surface area contributed by atoms with E-state index in [9.17, 15) is 14.4 Å². The van der Waals surface area contributed by atoms with Crippen LogP contribution < -0.4 is 20.3 Å². The topological polar surface area (TPSA) is 98.2 Å². The molecule has 2 aromatic rings. The molecule has 2 rings (SSSR count). The third kappa shape index (κ3) is 7.11. The molecule has 0 aromatic heterocycles. The number of esters is 1. The molecule has 31 heavy (non-hydrogen) atoms. The van der Waals surface area contributed by atoms with E-state index < -0.39 is 5.97 Å². The summed E-state index contributed by atoms with van der Waals surface area (Å²) in [5.74, 6) is -0.336. The second kappa shape index (κ2) is 11.7. The van der Waals surface area contributed by atoms with E-state index >= 15 is 0 Å². The molecular formula is C23H30N3O5+. The fourth-order valence-corrected chi connectivity index (χ4v) is 3.19. The summed E-state index contributed by atoms with van der Waals surface area (Å²) in [7, 11) is 2.85. The second-order valence-electron chi connectivity index (χ2n) is 7.17. The summed E-state index contributed by atoms with van der Waals surface area (Å²) in [6.07, 6.45) is 0.821. The molecule has 8 heteroatoms. The fraction of sp³-hybridized carbons (Fsp3) is 0.348. The van der Waals surface area contributed by atoms with Crippen LogP contribution in [0.2, 0.25) is 0 Å². The fourth-order valence-electron chi connectivity index (χ4n) is 3.19. The minimum Gasteiger partial charge on any atom is -0.495 e. The van der Waals surface area contributed by atoms with Gasteiger partial charge in [-0.1, -0.05) is 25.1 Å². The van der Waals surface area contributed by atoms with Gasteiger partial charge < -0.3 is 25.0 Å². The standard InChI is InChI=1S/C23H29N3O5/c1-5-12-26(14-21(27)24-18-8-6-7-9-20(18)30-3)15-22(28)25-19-13-17(23(29)31-4)11-10-16(19)2/h6-11,13H,5,12,14-15H2,1-4H3,(H,24,27)(H,25,28)/p+1. The summed E-state index contributed by atoms with van der Waals surface area (Å²) in [5, 5.41) is 5.68. The number of hydrogen-bond donors (Lipinski definition) is 3. The van der Waals surface area contributed by atoms with Gasteiger partial charge in [0.05, 0.1) is 32.0 Å². The van der Waals surface area contributed by atoms with Crippen LogP contribution >= 0.6 is 0 Å². The first-order chi connectivity index (χ1) is 14.9. The van der Waals surface area contributed by atoms with E-state index in [1.165, 1.54) is 7.11 Å². The molecule has 0 heterocycles. The first-order valence-corrected chi connectivity index (χ1v) is 10.1. The Kier molecular flexibility index (Phi) is 9.02. The molecule has 0 aliphatic carbocycles. The average Bonchev–Trinajstić information content (AvgIpc) is 2.75. The summed E-state index contributed by atoms with van der Waals surface area (Å²) < 4.78 is 9.99. The van der Waals surface area contributed by atoms with Gasteiger partial charge in [0, 0.05) is 5.69 Å². The highest BCUT2D eigenvalue weighted by Crippen LogP contribution is 2.22. The lowest BCUT2D eigenvalue weighted by molar-refractivity contribution is -0.883. The number of hydrogen-bond acceptors (Lipinski definition) is 5. The second-order valence-corrected chi connectivity index (χ2v) is 7.17. The molecule has 2 aromatic carbocycles. The van der Waals surface area contributed by atoms with Crippen molar-refractivity contribution < 1.29 is 28.8 Å². The number of quaternary nitrogens is 1. The van der Waals surface area contributed by atoms with Gasteiger partial charge in [0.15, 0.2) is 13.1 Å². The number of aryl methyl sites for hydroxylation is 1. The summed E-state index contributed by atoms with van der Waals surface area (Å²) in [4.78, 5) is 37.8. The molecule has 2 amide bonds. The van der Waals surface area contributed by atoms with E-state index in [2.05, 4.69) is 10.6 Å². The average molecular weight is 429 g/mol. The number of ether oxygens (including phenoxy) is 2. The van der Waals surface area contributed by atoms with E-state index in [1.54, 1.807) is 37.4 Å². The molecular weight excluding hydrogens is 398 g/mol. The van der Waals surface area contributed by atoms with Crippen LogP contribution in [0.3, 0.4) is 0 Å². The molecule has 0 spiro atoms. The number of carbonyl (C=O) groups is 3. The van der Waals surface area contributed by atoms with E-state index in [1.807, 2.05) is 26.0 Å². The minimum absolute atomic E-state index is 0.120. The van der Waals surface area contributed by atoms with Crippen LogP contribution in [0.1, 0.15) is 29.3 Å². The summed E-state index contributed by atoms with van der Waals surface area (Å²) in [6.45, 7) is 4.76. The Morgan fingerprint density at radius 2 is 1.58 bits per heavy atom. The zero-order valence-corrected chi connectivity index (χ0v) is 18.4. The molecule has 8 nitrogen and oxygen atoms in total. The highest BCUT2D eigenvalue weighted by Gasteiger charge is 2.19. The van der Waals surface area contributed by atoms with Gasteiger partial charge in [0.25, 0.3) is 11.8 Å². The number of rotatable bonds is 10. The lowest BCUT2D eigenvalue weighted by Gasteiger charge is -2.19. The number of methoxy groups -OCH3 is 2. The first kappa shape index (κ1) is 23.9. The number of para-hydroxylation sites is 2. The van der Waals surface area contributed by atoms with Gasteiger partial charge in [0.2, 0.25) is 0 Å². The third-order valence-electron chi connectivity index (χ3n) is 4.74. The predicted octanol–water partition coefficient (Wildman–Crippen LogP) is 1.66. The number of amides is 2.